The summed E-state index contributed by atoms with van der Waals surface area (Å²) in [5.74, 6) is 0. The van der Waals surface area contributed by atoms with Crippen LogP contribution in [-0.2, 0) is 4.74 Å². The van der Waals surface area contributed by atoms with Crippen LogP contribution in [0.15, 0.2) is 0 Å². The first kappa shape index (κ1) is 12.2. The molecule has 0 rings (SSSR count). The summed E-state index contributed by atoms with van der Waals surface area (Å²) in [5, 5.41) is 0.424. The molecule has 0 aliphatic rings. The second-order valence-electron chi connectivity index (χ2n) is 5.54. The van der Waals surface area contributed by atoms with Crippen LogP contribution in [0, 0.1) is 0 Å². The van der Waals surface area contributed by atoms with Crippen molar-refractivity contribution < 1.29 is 4.74 Å². The van der Waals surface area contributed by atoms with Gasteiger partial charge in [-0.25, -0.2) is 0 Å². The van der Waals surface area contributed by atoms with E-state index >= 15 is 0 Å². The first-order valence-electron chi connectivity index (χ1n) is 4.79. The van der Waals surface area contributed by atoms with E-state index in [2.05, 4.69) is 47.7 Å². The Balaban J connectivity index is 3.93. The third-order valence-electron chi connectivity index (χ3n) is 2.44. The van der Waals surface area contributed by atoms with Crippen molar-refractivity contribution >= 4 is 8.80 Å². The van der Waals surface area contributed by atoms with Crippen molar-refractivity contribution in [3.8, 4) is 0 Å². The SMILES string of the molecule is C[SiH](C)C(C)(C)COC(C)(C)C. The highest BCUT2D eigenvalue weighted by atomic mass is 28.3. The topological polar surface area (TPSA) is 9.23 Å². The summed E-state index contributed by atoms with van der Waals surface area (Å²) in [6.07, 6.45) is 0. The van der Waals surface area contributed by atoms with E-state index in [1.807, 2.05) is 0 Å². The van der Waals surface area contributed by atoms with Crippen LogP contribution in [0.3, 0.4) is 0 Å². The summed E-state index contributed by atoms with van der Waals surface area (Å²) >= 11 is 0. The molecule has 0 aliphatic heterocycles. The van der Waals surface area contributed by atoms with Gasteiger partial charge in [0.25, 0.3) is 0 Å². The van der Waals surface area contributed by atoms with E-state index < -0.39 is 8.80 Å². The molecule has 0 bridgehead atoms. The molecule has 0 amide bonds. The second kappa shape index (κ2) is 3.92. The van der Waals surface area contributed by atoms with Crippen molar-refractivity contribution in [3.05, 3.63) is 0 Å². The molecule has 0 unspecified atom stereocenters. The summed E-state index contributed by atoms with van der Waals surface area (Å²) in [6, 6.07) is 0. The van der Waals surface area contributed by atoms with Crippen LogP contribution >= 0.6 is 0 Å². The van der Waals surface area contributed by atoms with Crippen LogP contribution in [-0.4, -0.2) is 21.0 Å². The number of ether oxygens (including phenoxy) is 1. The highest BCUT2D eigenvalue weighted by molar-refractivity contribution is 6.59. The van der Waals surface area contributed by atoms with Crippen LogP contribution in [0.5, 0.6) is 0 Å². The van der Waals surface area contributed by atoms with Gasteiger partial charge in [-0.05, 0) is 25.8 Å². The lowest BCUT2D eigenvalue weighted by Gasteiger charge is -2.32. The minimum atomic E-state index is -0.594. The van der Waals surface area contributed by atoms with Crippen LogP contribution in [0.25, 0.3) is 0 Å². The van der Waals surface area contributed by atoms with Crippen molar-refractivity contribution in [2.45, 2.75) is 58.4 Å². The van der Waals surface area contributed by atoms with E-state index in [0.29, 0.717) is 5.04 Å². The summed E-state index contributed by atoms with van der Waals surface area (Å²) in [5.41, 5.74) is 0.0144. The third kappa shape index (κ3) is 4.94. The molecule has 2 heteroatoms. The number of rotatable bonds is 3. The molecule has 0 radical (unpaired) electrons. The standard InChI is InChI=1S/C10H24OSi/c1-9(2,3)11-8-10(4,5)12(6)7/h12H,8H2,1-7H3. The predicted molar refractivity (Wildman–Crippen MR) is 58.6 cm³/mol. The quantitative estimate of drug-likeness (QED) is 0.619. The van der Waals surface area contributed by atoms with Gasteiger partial charge in [0.1, 0.15) is 0 Å². The molecule has 12 heavy (non-hydrogen) atoms. The molecule has 0 aromatic rings. The fourth-order valence-corrected chi connectivity index (χ4v) is 0.986. The first-order valence-corrected chi connectivity index (χ1v) is 7.68. The zero-order valence-corrected chi connectivity index (χ0v) is 10.8. The molecule has 74 valence electrons. The summed E-state index contributed by atoms with van der Waals surface area (Å²) < 4.78 is 5.79. The van der Waals surface area contributed by atoms with E-state index in [-0.39, 0.29) is 5.60 Å². The lowest BCUT2D eigenvalue weighted by Crippen LogP contribution is -2.31. The molecular formula is C10H24OSi. The van der Waals surface area contributed by atoms with Crippen molar-refractivity contribution in [2.75, 3.05) is 6.61 Å². The Morgan fingerprint density at radius 2 is 1.42 bits per heavy atom. The van der Waals surface area contributed by atoms with Crippen molar-refractivity contribution in [3.63, 3.8) is 0 Å². The number of hydrogen-bond donors (Lipinski definition) is 0. The fourth-order valence-electron chi connectivity index (χ4n) is 0.569. The van der Waals surface area contributed by atoms with Gasteiger partial charge in [0.2, 0.25) is 0 Å². The molecule has 0 saturated carbocycles. The van der Waals surface area contributed by atoms with E-state index in [9.17, 15) is 0 Å². The molecular weight excluding hydrogens is 164 g/mol. The maximum absolute atomic E-state index is 5.79. The third-order valence-corrected chi connectivity index (χ3v) is 5.73. The Kier molecular flexibility index (Phi) is 3.98. The monoisotopic (exact) mass is 188 g/mol. The Hall–Kier alpha value is 0.177. The molecule has 0 aliphatic carbocycles. The molecule has 0 spiro atoms. The van der Waals surface area contributed by atoms with Gasteiger partial charge in [0, 0.05) is 15.4 Å². The zero-order valence-electron chi connectivity index (χ0n) is 9.69. The second-order valence-corrected chi connectivity index (χ2v) is 9.42. The summed E-state index contributed by atoms with van der Waals surface area (Å²) in [7, 11) is -0.594. The smallest absolute Gasteiger partial charge is 0.0598 e. The summed E-state index contributed by atoms with van der Waals surface area (Å²) in [4.78, 5) is 0. The van der Waals surface area contributed by atoms with E-state index in [1.54, 1.807) is 0 Å². The minimum Gasteiger partial charge on any atom is -0.376 e. The lowest BCUT2D eigenvalue weighted by atomic mass is 10.1. The van der Waals surface area contributed by atoms with Gasteiger partial charge < -0.3 is 4.74 Å². The van der Waals surface area contributed by atoms with Gasteiger partial charge in [-0.1, -0.05) is 26.9 Å². The molecule has 0 fully saturated rings. The lowest BCUT2D eigenvalue weighted by molar-refractivity contribution is -0.0144. The molecule has 0 atom stereocenters. The number of hydrogen-bond acceptors (Lipinski definition) is 1. The van der Waals surface area contributed by atoms with E-state index in [4.69, 9.17) is 4.74 Å². The highest BCUT2D eigenvalue weighted by Crippen LogP contribution is 2.29. The van der Waals surface area contributed by atoms with Gasteiger partial charge in [-0.2, -0.15) is 0 Å². The van der Waals surface area contributed by atoms with Gasteiger partial charge in [-0.15, -0.1) is 0 Å². The molecule has 0 aromatic carbocycles. The molecule has 1 nitrogen and oxygen atoms in total. The Morgan fingerprint density at radius 3 is 1.67 bits per heavy atom. The van der Waals surface area contributed by atoms with Gasteiger partial charge >= 0.3 is 0 Å². The Morgan fingerprint density at radius 1 is 1.00 bits per heavy atom. The molecule has 0 heterocycles. The van der Waals surface area contributed by atoms with Crippen LogP contribution in [0.4, 0.5) is 0 Å². The first-order chi connectivity index (χ1) is 5.15. The summed E-state index contributed by atoms with van der Waals surface area (Å²) in [6.45, 7) is 16.6. The Labute approximate surface area is 79.1 Å². The van der Waals surface area contributed by atoms with E-state index in [0.717, 1.165) is 6.61 Å². The van der Waals surface area contributed by atoms with Crippen LogP contribution < -0.4 is 0 Å². The van der Waals surface area contributed by atoms with Crippen LogP contribution in [0.1, 0.15) is 34.6 Å². The largest absolute Gasteiger partial charge is 0.376 e. The van der Waals surface area contributed by atoms with Gasteiger partial charge in [0.15, 0.2) is 0 Å². The van der Waals surface area contributed by atoms with E-state index in [1.165, 1.54) is 0 Å². The molecule has 0 saturated heterocycles. The zero-order chi connectivity index (χ0) is 9.99. The molecule has 0 aromatic heterocycles. The highest BCUT2D eigenvalue weighted by Gasteiger charge is 2.25. The fraction of sp³-hybridized carbons (Fsp3) is 1.00. The maximum Gasteiger partial charge on any atom is 0.0598 e. The Bertz CT molecular complexity index is 133. The van der Waals surface area contributed by atoms with Crippen molar-refractivity contribution in [1.29, 1.82) is 0 Å². The average molecular weight is 188 g/mol. The minimum absolute atomic E-state index is 0.0144. The maximum atomic E-state index is 5.79. The van der Waals surface area contributed by atoms with Gasteiger partial charge in [-0.3, -0.25) is 0 Å². The molecule has 0 N–H and O–H groups in total. The van der Waals surface area contributed by atoms with Crippen LogP contribution in [0.2, 0.25) is 18.1 Å². The normalized spacial score (nSPS) is 14.0. The average Bonchev–Trinajstić information content (AvgIpc) is 1.82. The van der Waals surface area contributed by atoms with Crippen molar-refractivity contribution in [2.24, 2.45) is 0 Å². The van der Waals surface area contributed by atoms with Crippen molar-refractivity contribution in [1.82, 2.24) is 0 Å². The predicted octanol–water partition coefficient (Wildman–Crippen LogP) is 3.07. The van der Waals surface area contributed by atoms with Gasteiger partial charge in [0.05, 0.1) is 5.60 Å².